The van der Waals surface area contributed by atoms with E-state index in [1.54, 1.807) is 18.2 Å². The van der Waals surface area contributed by atoms with Crippen LogP contribution in [0.5, 0.6) is 5.75 Å². The quantitative estimate of drug-likeness (QED) is 0.603. The third kappa shape index (κ3) is 2.82. The monoisotopic (exact) mass is 349 g/mol. The maximum Gasteiger partial charge on any atom is 0.263 e. The van der Waals surface area contributed by atoms with E-state index < -0.39 is 0 Å². The van der Waals surface area contributed by atoms with Gasteiger partial charge in [0.05, 0.1) is 9.93 Å². The molecule has 7 heteroatoms. The second kappa shape index (κ2) is 4.97. The van der Waals surface area contributed by atoms with Crippen LogP contribution in [0.25, 0.3) is 6.08 Å². The lowest BCUT2D eigenvalue weighted by molar-refractivity contribution is -0.115. The van der Waals surface area contributed by atoms with Crippen molar-refractivity contribution in [2.45, 2.75) is 0 Å². The number of halogens is 2. The number of benzene rings is 1. The van der Waals surface area contributed by atoms with Crippen molar-refractivity contribution in [3.05, 3.63) is 32.1 Å². The van der Waals surface area contributed by atoms with Crippen LogP contribution in [0.4, 0.5) is 0 Å². The highest BCUT2D eigenvalue weighted by Gasteiger charge is 2.22. The molecule has 1 aromatic carbocycles. The van der Waals surface area contributed by atoms with E-state index in [1.807, 2.05) is 0 Å². The van der Waals surface area contributed by atoms with E-state index >= 15 is 0 Å². The highest BCUT2D eigenvalue weighted by atomic mass is 79.9. The molecule has 0 bridgehead atoms. The molecule has 1 aliphatic rings. The van der Waals surface area contributed by atoms with Crippen molar-refractivity contribution in [1.29, 1.82) is 0 Å². The van der Waals surface area contributed by atoms with Crippen LogP contribution in [0.1, 0.15) is 5.56 Å². The van der Waals surface area contributed by atoms with Gasteiger partial charge in [-0.1, -0.05) is 51.5 Å². The zero-order valence-corrected chi connectivity index (χ0v) is 12.1. The van der Waals surface area contributed by atoms with Gasteiger partial charge in [0.2, 0.25) is 0 Å². The van der Waals surface area contributed by atoms with Gasteiger partial charge in [0.15, 0.2) is 0 Å². The molecular weight excluding hydrogens is 346 g/mol. The third-order valence-electron chi connectivity index (χ3n) is 1.99. The zero-order valence-electron chi connectivity index (χ0n) is 8.16. The maximum atomic E-state index is 11.5. The van der Waals surface area contributed by atoms with E-state index in [9.17, 15) is 9.90 Å². The molecule has 1 saturated heterocycles. The normalized spacial score (nSPS) is 17.6. The van der Waals surface area contributed by atoms with Crippen LogP contribution in [0.15, 0.2) is 21.5 Å². The number of carbonyl (C=O) groups excluding carboxylic acids is 1. The molecule has 2 rings (SSSR count). The van der Waals surface area contributed by atoms with Crippen molar-refractivity contribution in [1.82, 2.24) is 5.32 Å². The van der Waals surface area contributed by atoms with Crippen molar-refractivity contribution >= 4 is 67.8 Å². The second-order valence-electron chi connectivity index (χ2n) is 3.18. The summed E-state index contributed by atoms with van der Waals surface area (Å²) < 4.78 is 1.12. The van der Waals surface area contributed by atoms with Gasteiger partial charge in [-0.3, -0.25) is 4.79 Å². The van der Waals surface area contributed by atoms with Crippen molar-refractivity contribution in [3.8, 4) is 5.75 Å². The summed E-state index contributed by atoms with van der Waals surface area (Å²) in [5.74, 6) is -0.330. The first-order chi connectivity index (χ1) is 7.97. The van der Waals surface area contributed by atoms with E-state index in [2.05, 4.69) is 21.2 Å². The number of aromatic hydroxyl groups is 1. The largest absolute Gasteiger partial charge is 0.506 e. The van der Waals surface area contributed by atoms with E-state index in [4.69, 9.17) is 23.8 Å². The molecule has 0 saturated carbocycles. The van der Waals surface area contributed by atoms with Gasteiger partial charge < -0.3 is 10.4 Å². The first kappa shape index (κ1) is 12.9. The molecule has 0 atom stereocenters. The molecule has 0 aromatic heterocycles. The van der Waals surface area contributed by atoms with E-state index in [0.717, 1.165) is 16.2 Å². The minimum absolute atomic E-state index is 0.0615. The molecule has 1 aliphatic heterocycles. The molecular formula is C10H5BrClNO2S2. The Labute approximate surface area is 120 Å². The van der Waals surface area contributed by atoms with Crippen molar-refractivity contribution < 1.29 is 9.90 Å². The molecule has 0 radical (unpaired) electrons. The lowest BCUT2D eigenvalue weighted by atomic mass is 10.2. The number of carbonyl (C=O) groups is 1. The number of phenols is 1. The number of hydrogen-bond acceptors (Lipinski definition) is 4. The highest BCUT2D eigenvalue weighted by Crippen LogP contribution is 2.35. The summed E-state index contributed by atoms with van der Waals surface area (Å²) in [6.07, 6.45) is 1.55. The van der Waals surface area contributed by atoms with Crippen LogP contribution in [0, 0.1) is 0 Å². The van der Waals surface area contributed by atoms with Gasteiger partial charge in [0, 0.05) is 10.0 Å². The molecule has 2 N–H and O–H groups in total. The molecule has 3 nitrogen and oxygen atoms in total. The number of rotatable bonds is 1. The first-order valence-electron chi connectivity index (χ1n) is 4.40. The van der Waals surface area contributed by atoms with Gasteiger partial charge in [-0.15, -0.1) is 0 Å². The van der Waals surface area contributed by atoms with Gasteiger partial charge in [0.25, 0.3) is 5.91 Å². The second-order valence-corrected chi connectivity index (χ2v) is 6.22. The van der Waals surface area contributed by atoms with Crippen molar-refractivity contribution in [2.24, 2.45) is 0 Å². The van der Waals surface area contributed by atoms with Crippen molar-refractivity contribution in [2.75, 3.05) is 0 Å². The molecule has 88 valence electrons. The molecule has 17 heavy (non-hydrogen) atoms. The van der Waals surface area contributed by atoms with E-state index in [1.165, 1.54) is 0 Å². The molecule has 0 aliphatic carbocycles. The summed E-state index contributed by atoms with van der Waals surface area (Å²) in [5, 5.41) is 12.5. The Morgan fingerprint density at radius 2 is 2.24 bits per heavy atom. The smallest absolute Gasteiger partial charge is 0.263 e. The molecule has 0 spiro atoms. The van der Waals surface area contributed by atoms with Crippen LogP contribution in [-0.4, -0.2) is 15.3 Å². The first-order valence-corrected chi connectivity index (χ1v) is 6.80. The van der Waals surface area contributed by atoms with E-state index in [-0.39, 0.29) is 16.7 Å². The lowest BCUT2D eigenvalue weighted by Gasteiger charge is -2.03. The summed E-state index contributed by atoms with van der Waals surface area (Å²) in [4.78, 5) is 11.9. The topological polar surface area (TPSA) is 49.3 Å². The van der Waals surface area contributed by atoms with Gasteiger partial charge in [0.1, 0.15) is 10.1 Å². The number of amides is 1. The minimum atomic E-state index is -0.268. The standard InChI is InChI=1S/C10H5BrClNO2S2/c11-5-1-4(8(14)6(12)3-5)2-7-9(15)13-10(16)17-7/h1-3,14H,(H,13,15,16). The number of phenolic OH excluding ortho intramolecular Hbond substituents is 1. The Kier molecular flexibility index (Phi) is 3.77. The van der Waals surface area contributed by atoms with Crippen LogP contribution in [-0.2, 0) is 4.79 Å². The molecule has 1 aromatic rings. The van der Waals surface area contributed by atoms with Gasteiger partial charge in [-0.25, -0.2) is 0 Å². The summed E-state index contributed by atoms with van der Waals surface area (Å²) in [5.41, 5.74) is 0.465. The Morgan fingerprint density at radius 1 is 1.53 bits per heavy atom. The number of hydrogen-bond donors (Lipinski definition) is 2. The number of thiocarbonyl (C=S) groups is 1. The highest BCUT2D eigenvalue weighted by molar-refractivity contribution is 9.10. The lowest BCUT2D eigenvalue weighted by Crippen LogP contribution is -2.17. The molecule has 1 fully saturated rings. The molecule has 0 unspecified atom stereocenters. The Morgan fingerprint density at radius 3 is 2.82 bits per heavy atom. The Bertz CT molecular complexity index is 559. The third-order valence-corrected chi connectivity index (χ3v) is 3.89. The fourth-order valence-electron chi connectivity index (χ4n) is 1.26. The summed E-state index contributed by atoms with van der Waals surface area (Å²) >= 11 is 15.1. The van der Waals surface area contributed by atoms with Crippen LogP contribution in [0.2, 0.25) is 5.02 Å². The predicted molar refractivity (Wildman–Crippen MR) is 77.1 cm³/mol. The summed E-state index contributed by atoms with van der Waals surface area (Å²) in [6.45, 7) is 0. The fraction of sp³-hybridized carbons (Fsp3) is 0. The predicted octanol–water partition coefficient (Wildman–Crippen LogP) is 3.30. The van der Waals surface area contributed by atoms with Crippen LogP contribution < -0.4 is 5.32 Å². The summed E-state index contributed by atoms with van der Waals surface area (Å²) in [7, 11) is 0. The SMILES string of the molecule is O=C1NC(=S)SC1=Cc1cc(Br)cc(Cl)c1O. The zero-order chi connectivity index (χ0) is 12.6. The number of thioether (sulfide) groups is 1. The van der Waals surface area contributed by atoms with E-state index in [0.29, 0.717) is 14.8 Å². The van der Waals surface area contributed by atoms with Crippen LogP contribution in [0.3, 0.4) is 0 Å². The Balaban J connectivity index is 2.46. The Hall–Kier alpha value is -0.560. The maximum absolute atomic E-state index is 11.5. The molecule has 1 heterocycles. The van der Waals surface area contributed by atoms with Gasteiger partial charge >= 0.3 is 0 Å². The van der Waals surface area contributed by atoms with Gasteiger partial charge in [-0.2, -0.15) is 0 Å². The average molecular weight is 351 g/mol. The van der Waals surface area contributed by atoms with Crippen LogP contribution >= 0.6 is 51.5 Å². The fourth-order valence-corrected chi connectivity index (χ4v) is 3.13. The number of nitrogens with one attached hydrogen (secondary N) is 1. The van der Waals surface area contributed by atoms with Gasteiger partial charge in [-0.05, 0) is 18.2 Å². The average Bonchev–Trinajstić information content (AvgIpc) is 2.53. The molecule has 1 amide bonds. The summed E-state index contributed by atoms with van der Waals surface area (Å²) in [6, 6.07) is 3.24. The van der Waals surface area contributed by atoms with Crippen molar-refractivity contribution in [3.63, 3.8) is 0 Å². The minimum Gasteiger partial charge on any atom is -0.506 e.